The van der Waals surface area contributed by atoms with Crippen LogP contribution in [0.25, 0.3) is 0 Å². The number of H-pyrrole nitrogens is 1. The minimum absolute atomic E-state index is 0.0592. The molecule has 0 atom stereocenters. The van der Waals surface area contributed by atoms with Crippen molar-refractivity contribution in [1.29, 1.82) is 0 Å². The van der Waals surface area contributed by atoms with Gasteiger partial charge in [-0.05, 0) is 42.9 Å². The molecule has 152 valence electrons. The number of pyridine rings is 1. The standard InChI is InChI=1S/C22H24FN3O3/c1-22(2)11-16-13(18(27)12-22)10-14(20(28)24-16)21(29)25-19-15(23)6-5-7-17(19)26-8-3-4-9-26/h5-7,10H,3-4,8-9,11-12H2,1-2H3,(H,24,28)(H,25,29). The summed E-state index contributed by atoms with van der Waals surface area (Å²) in [4.78, 5) is 42.6. The van der Waals surface area contributed by atoms with E-state index in [-0.39, 0.29) is 22.4 Å². The lowest BCUT2D eigenvalue weighted by atomic mass is 9.75. The molecule has 0 bridgehead atoms. The molecule has 1 aromatic carbocycles. The van der Waals surface area contributed by atoms with Crippen LogP contribution in [0.2, 0.25) is 0 Å². The van der Waals surface area contributed by atoms with Crippen LogP contribution >= 0.6 is 0 Å². The number of fused-ring (bicyclic) bond motifs is 1. The predicted molar refractivity (Wildman–Crippen MR) is 109 cm³/mol. The SMILES string of the molecule is CC1(C)CC(=O)c2cc(C(=O)Nc3c(F)cccc3N3CCCC3)c(=O)[nH]c2C1. The van der Waals surface area contributed by atoms with Crippen molar-refractivity contribution in [2.75, 3.05) is 23.3 Å². The van der Waals surface area contributed by atoms with E-state index in [1.807, 2.05) is 18.7 Å². The molecule has 1 aromatic heterocycles. The van der Waals surface area contributed by atoms with Crippen molar-refractivity contribution in [3.05, 3.63) is 57.3 Å². The highest BCUT2D eigenvalue weighted by Gasteiger charge is 2.33. The minimum Gasteiger partial charge on any atom is -0.370 e. The zero-order chi connectivity index (χ0) is 20.8. The van der Waals surface area contributed by atoms with Crippen molar-refractivity contribution in [3.8, 4) is 0 Å². The first kappa shape index (κ1) is 19.4. The average molecular weight is 397 g/mol. The van der Waals surface area contributed by atoms with Crippen LogP contribution in [-0.4, -0.2) is 29.8 Å². The molecule has 0 saturated carbocycles. The van der Waals surface area contributed by atoms with Crippen molar-refractivity contribution in [2.24, 2.45) is 5.41 Å². The Balaban J connectivity index is 1.68. The molecule has 7 heteroatoms. The average Bonchev–Trinajstić information content (AvgIpc) is 3.16. The molecule has 29 heavy (non-hydrogen) atoms. The van der Waals surface area contributed by atoms with Gasteiger partial charge in [0.1, 0.15) is 17.1 Å². The van der Waals surface area contributed by atoms with Crippen molar-refractivity contribution in [3.63, 3.8) is 0 Å². The number of benzene rings is 1. The maximum atomic E-state index is 14.5. The number of halogens is 1. The third-order valence-electron chi connectivity index (χ3n) is 5.64. The Morgan fingerprint density at radius 3 is 2.62 bits per heavy atom. The van der Waals surface area contributed by atoms with Crippen LogP contribution in [0.4, 0.5) is 15.8 Å². The molecule has 2 heterocycles. The van der Waals surface area contributed by atoms with Gasteiger partial charge in [0.25, 0.3) is 11.5 Å². The number of carbonyl (C=O) groups excluding carboxylic acids is 2. The molecule has 4 rings (SSSR count). The van der Waals surface area contributed by atoms with Gasteiger partial charge in [0.15, 0.2) is 5.78 Å². The highest BCUT2D eigenvalue weighted by atomic mass is 19.1. The van der Waals surface area contributed by atoms with Gasteiger partial charge in [-0.15, -0.1) is 0 Å². The van der Waals surface area contributed by atoms with E-state index < -0.39 is 17.3 Å². The maximum Gasteiger partial charge on any atom is 0.261 e. The van der Waals surface area contributed by atoms with Gasteiger partial charge in [0.2, 0.25) is 0 Å². The highest BCUT2D eigenvalue weighted by Crippen LogP contribution is 2.34. The van der Waals surface area contributed by atoms with E-state index in [0.29, 0.717) is 29.8 Å². The molecule has 0 unspecified atom stereocenters. The molecule has 2 aliphatic rings. The molecule has 1 fully saturated rings. The molecule has 6 nitrogen and oxygen atoms in total. The lowest BCUT2D eigenvalue weighted by molar-refractivity contribution is 0.0910. The summed E-state index contributed by atoms with van der Waals surface area (Å²) in [5.74, 6) is -1.39. The largest absolute Gasteiger partial charge is 0.370 e. The summed E-state index contributed by atoms with van der Waals surface area (Å²) >= 11 is 0. The molecular weight excluding hydrogens is 373 g/mol. The van der Waals surface area contributed by atoms with Crippen LogP contribution in [0.15, 0.2) is 29.1 Å². The molecule has 2 aromatic rings. The number of Topliss-reactive ketones (excluding diaryl/α,β-unsaturated/α-hetero) is 1. The van der Waals surface area contributed by atoms with Gasteiger partial charge >= 0.3 is 0 Å². The Morgan fingerprint density at radius 1 is 1.17 bits per heavy atom. The number of aromatic amines is 1. The molecule has 0 radical (unpaired) electrons. The second-order valence-corrected chi connectivity index (χ2v) is 8.63. The smallest absolute Gasteiger partial charge is 0.261 e. The maximum absolute atomic E-state index is 14.5. The number of rotatable bonds is 3. The molecule has 0 spiro atoms. The number of carbonyl (C=O) groups is 2. The van der Waals surface area contributed by atoms with Crippen molar-refractivity contribution < 1.29 is 14.0 Å². The van der Waals surface area contributed by atoms with Crippen LogP contribution in [0.1, 0.15) is 59.5 Å². The van der Waals surface area contributed by atoms with E-state index in [4.69, 9.17) is 0 Å². The first-order valence-electron chi connectivity index (χ1n) is 9.89. The summed E-state index contributed by atoms with van der Waals surface area (Å²) in [6, 6.07) is 5.98. The van der Waals surface area contributed by atoms with E-state index in [2.05, 4.69) is 10.3 Å². The number of hydrogen-bond acceptors (Lipinski definition) is 4. The number of nitrogens with one attached hydrogen (secondary N) is 2. The zero-order valence-electron chi connectivity index (χ0n) is 16.6. The zero-order valence-corrected chi connectivity index (χ0v) is 16.6. The van der Waals surface area contributed by atoms with E-state index in [1.54, 1.807) is 12.1 Å². The number of para-hydroxylation sites is 1. The van der Waals surface area contributed by atoms with Gasteiger partial charge < -0.3 is 15.2 Å². The molecule has 1 aliphatic carbocycles. The summed E-state index contributed by atoms with van der Waals surface area (Å²) in [5, 5.41) is 2.56. The Bertz CT molecular complexity index is 1050. The molecule has 1 amide bonds. The number of aromatic nitrogens is 1. The summed E-state index contributed by atoms with van der Waals surface area (Å²) in [6.07, 6.45) is 2.91. The van der Waals surface area contributed by atoms with Crippen molar-refractivity contribution in [1.82, 2.24) is 4.98 Å². The van der Waals surface area contributed by atoms with Crippen LogP contribution in [-0.2, 0) is 6.42 Å². The Kier molecular flexibility index (Phi) is 4.76. The van der Waals surface area contributed by atoms with E-state index in [1.165, 1.54) is 12.1 Å². The fraction of sp³-hybridized carbons (Fsp3) is 0.409. The van der Waals surface area contributed by atoms with Crippen LogP contribution in [0.3, 0.4) is 0 Å². The molecular formula is C22H24FN3O3. The third-order valence-corrected chi connectivity index (χ3v) is 5.64. The van der Waals surface area contributed by atoms with E-state index in [0.717, 1.165) is 25.9 Å². The lowest BCUT2D eigenvalue weighted by Crippen LogP contribution is -2.33. The van der Waals surface area contributed by atoms with Crippen molar-refractivity contribution in [2.45, 2.75) is 39.5 Å². The number of amides is 1. The monoisotopic (exact) mass is 397 g/mol. The quantitative estimate of drug-likeness (QED) is 0.830. The number of hydrogen-bond donors (Lipinski definition) is 2. The van der Waals surface area contributed by atoms with E-state index in [9.17, 15) is 18.8 Å². The van der Waals surface area contributed by atoms with E-state index >= 15 is 0 Å². The fourth-order valence-corrected chi connectivity index (χ4v) is 4.24. The van der Waals surface area contributed by atoms with Crippen molar-refractivity contribution >= 4 is 23.1 Å². The molecule has 1 aliphatic heterocycles. The summed E-state index contributed by atoms with van der Waals surface area (Å²) in [7, 11) is 0. The Morgan fingerprint density at radius 2 is 1.90 bits per heavy atom. The number of anilines is 2. The van der Waals surface area contributed by atoms with Gasteiger partial charge in [0.05, 0.1) is 5.69 Å². The van der Waals surface area contributed by atoms with Gasteiger partial charge in [-0.2, -0.15) is 0 Å². The first-order chi connectivity index (χ1) is 13.7. The van der Waals surface area contributed by atoms with Gasteiger partial charge in [-0.1, -0.05) is 19.9 Å². The second-order valence-electron chi connectivity index (χ2n) is 8.63. The topological polar surface area (TPSA) is 82.3 Å². The molecule has 2 N–H and O–H groups in total. The minimum atomic E-state index is -0.725. The summed E-state index contributed by atoms with van der Waals surface area (Å²) < 4.78 is 14.5. The lowest BCUT2D eigenvalue weighted by Gasteiger charge is -2.29. The van der Waals surface area contributed by atoms with Crippen LogP contribution < -0.4 is 15.8 Å². The predicted octanol–water partition coefficient (Wildman–Crippen LogP) is 3.52. The first-order valence-corrected chi connectivity index (χ1v) is 9.89. The number of nitrogens with zero attached hydrogens (tertiary/aromatic N) is 1. The Hall–Kier alpha value is -2.96. The van der Waals surface area contributed by atoms with Gasteiger partial charge in [0, 0.05) is 30.8 Å². The third kappa shape index (κ3) is 3.69. The summed E-state index contributed by atoms with van der Waals surface area (Å²) in [6.45, 7) is 5.50. The van der Waals surface area contributed by atoms with Gasteiger partial charge in [-0.3, -0.25) is 14.4 Å². The summed E-state index contributed by atoms with van der Waals surface area (Å²) in [5.41, 5.74) is 0.568. The highest BCUT2D eigenvalue weighted by molar-refractivity contribution is 6.08. The van der Waals surface area contributed by atoms with Crippen LogP contribution in [0, 0.1) is 11.2 Å². The Labute approximate surface area is 168 Å². The van der Waals surface area contributed by atoms with Gasteiger partial charge in [-0.25, -0.2) is 4.39 Å². The molecule has 1 saturated heterocycles. The normalized spacial score (nSPS) is 17.9. The second kappa shape index (κ2) is 7.13. The number of ketones is 1. The van der Waals surface area contributed by atoms with Crippen LogP contribution in [0.5, 0.6) is 0 Å². The fourth-order valence-electron chi connectivity index (χ4n) is 4.24.